The minimum atomic E-state index is -2.02. The molecule has 2 aromatic heterocycles. The van der Waals surface area contributed by atoms with E-state index in [2.05, 4.69) is 77.7 Å². The van der Waals surface area contributed by atoms with Crippen LogP contribution in [0, 0.1) is 11.6 Å². The fourth-order valence-electron chi connectivity index (χ4n) is 3.77. The first-order valence-electron chi connectivity index (χ1n) is 16.2. The van der Waals surface area contributed by atoms with Gasteiger partial charge in [-0.15, -0.1) is 0 Å². The summed E-state index contributed by atoms with van der Waals surface area (Å²) < 4.78 is 48.9. The average molecular weight is 727 g/mol. The summed E-state index contributed by atoms with van der Waals surface area (Å²) >= 11 is 0. The summed E-state index contributed by atoms with van der Waals surface area (Å²) in [6.07, 6.45) is 4.94. The zero-order chi connectivity index (χ0) is 37.9. The van der Waals surface area contributed by atoms with E-state index in [1.54, 1.807) is 50.6 Å². The number of hydrogen-bond donors (Lipinski definition) is 1. The molecule has 0 saturated heterocycles. The predicted molar refractivity (Wildman–Crippen MR) is 199 cm³/mol. The van der Waals surface area contributed by atoms with Crippen molar-refractivity contribution >= 4 is 22.9 Å². The van der Waals surface area contributed by atoms with Crippen molar-refractivity contribution in [3.63, 3.8) is 0 Å². The van der Waals surface area contributed by atoms with E-state index in [0.29, 0.717) is 28.4 Å². The van der Waals surface area contributed by atoms with E-state index < -0.39 is 28.6 Å². The summed E-state index contributed by atoms with van der Waals surface area (Å²) in [4.78, 5) is 18.0. The van der Waals surface area contributed by atoms with Crippen molar-refractivity contribution < 1.29 is 37.0 Å². The topological polar surface area (TPSA) is 100 Å². The summed E-state index contributed by atoms with van der Waals surface area (Å²) in [6, 6.07) is 14.8. The largest absolute Gasteiger partial charge is 0.541 e. The monoisotopic (exact) mass is 726 g/mol. The molecule has 1 unspecified atom stereocenters. The molecule has 0 aliphatic carbocycles. The molecule has 4 rings (SSSR count). The number of carbonyl (C=O) groups excluding carboxylic acids is 1. The quantitative estimate of drug-likeness (QED) is 0.134. The Morgan fingerprint density at radius 2 is 1.24 bits per heavy atom. The van der Waals surface area contributed by atoms with Gasteiger partial charge in [0.1, 0.15) is 35.5 Å². The molecule has 2 heterocycles. The van der Waals surface area contributed by atoms with Crippen LogP contribution in [-0.4, -0.2) is 52.2 Å². The third-order valence-electron chi connectivity index (χ3n) is 8.89. The lowest BCUT2D eigenvalue weighted by Gasteiger charge is -2.36. The number of aromatic nitrogens is 2. The minimum absolute atomic E-state index is 0.0519. The summed E-state index contributed by atoms with van der Waals surface area (Å²) in [5.41, 5.74) is 1.30. The van der Waals surface area contributed by atoms with Gasteiger partial charge in [0.25, 0.3) is 16.6 Å². The summed E-state index contributed by atoms with van der Waals surface area (Å²) in [6.45, 7) is 21.7. The van der Waals surface area contributed by atoms with Crippen LogP contribution in [-0.2, 0) is 0 Å². The molecule has 1 N–H and O–H groups in total. The third kappa shape index (κ3) is 11.7. The maximum absolute atomic E-state index is 13.9. The lowest BCUT2D eigenvalue weighted by Crippen LogP contribution is -2.43. The molecule has 2 aromatic carbocycles. The van der Waals surface area contributed by atoms with Crippen molar-refractivity contribution in [3.8, 4) is 23.0 Å². The molecule has 0 aliphatic heterocycles. The molecule has 1 atom stereocenters. The number of halogens is 2. The van der Waals surface area contributed by atoms with Crippen LogP contribution in [0.25, 0.3) is 0 Å². The molecule has 0 amide bonds. The van der Waals surface area contributed by atoms with Gasteiger partial charge in [-0.25, -0.2) is 8.78 Å². The van der Waals surface area contributed by atoms with Gasteiger partial charge in [-0.05, 0) is 90.4 Å². The highest BCUT2D eigenvalue weighted by atomic mass is 28.4. The molecular weight excluding hydrogens is 675 g/mol. The zero-order valence-electron chi connectivity index (χ0n) is 31.3. The van der Waals surface area contributed by atoms with Crippen LogP contribution in [0.3, 0.4) is 0 Å². The Morgan fingerprint density at radius 3 is 1.66 bits per heavy atom. The number of rotatable bonds is 9. The molecule has 0 aliphatic rings. The molecule has 12 heteroatoms. The highest BCUT2D eigenvalue weighted by Crippen LogP contribution is 2.42. The molecule has 272 valence electrons. The van der Waals surface area contributed by atoms with Crippen molar-refractivity contribution in [1.29, 1.82) is 0 Å². The molecule has 8 nitrogen and oxygen atoms in total. The normalized spacial score (nSPS) is 12.3. The van der Waals surface area contributed by atoms with Gasteiger partial charge < -0.3 is 23.4 Å². The lowest BCUT2D eigenvalue weighted by atomic mass is 10.0. The van der Waals surface area contributed by atoms with Crippen molar-refractivity contribution in [2.45, 2.75) is 83.9 Å². The fourth-order valence-corrected chi connectivity index (χ4v) is 5.81. The van der Waals surface area contributed by atoms with Gasteiger partial charge in [-0.3, -0.25) is 14.8 Å². The second-order valence-corrected chi connectivity index (χ2v) is 24.1. The summed E-state index contributed by atoms with van der Waals surface area (Å²) in [5, 5.41) is 10.7. The number of nitrogens with zero attached hydrogens (tertiary/aromatic N) is 2. The fraction of sp³-hybridized carbons (Fsp3) is 0.395. The van der Waals surface area contributed by atoms with Gasteiger partial charge in [0.05, 0.1) is 26.6 Å². The maximum atomic E-state index is 13.9. The van der Waals surface area contributed by atoms with E-state index in [9.17, 15) is 18.7 Å². The minimum Gasteiger partial charge on any atom is -0.541 e. The Labute approximate surface area is 298 Å². The maximum Gasteiger partial charge on any atom is 0.250 e. The Hall–Kier alpha value is -4.14. The first kappa shape index (κ1) is 42.0. The van der Waals surface area contributed by atoms with Crippen LogP contribution in [0.1, 0.15) is 69.1 Å². The van der Waals surface area contributed by atoms with Crippen LogP contribution in [0.5, 0.6) is 23.0 Å². The van der Waals surface area contributed by atoms with Crippen molar-refractivity contribution in [1.82, 2.24) is 9.97 Å². The summed E-state index contributed by atoms with van der Waals surface area (Å²) in [7, 11) is -0.773. The highest BCUT2D eigenvalue weighted by molar-refractivity contribution is 6.75. The number of ether oxygens (including phenoxy) is 2. The Kier molecular flexibility index (Phi) is 14.9. The molecule has 0 saturated carbocycles. The van der Waals surface area contributed by atoms with Crippen molar-refractivity contribution in [3.05, 3.63) is 108 Å². The SMILES string of the molecule is COc1cc(C(O)c2ccncc2F)ccc1O[Si](C)(C)C(C)(C)C.COc1cc(C=O)ccc1O[Si](C)(C)C(C)(C)C.Fc1cccnc1. The predicted octanol–water partition coefficient (Wildman–Crippen LogP) is 9.81. The van der Waals surface area contributed by atoms with Crippen LogP contribution < -0.4 is 18.3 Å². The Morgan fingerprint density at radius 1 is 0.720 bits per heavy atom. The number of benzene rings is 2. The number of pyridine rings is 2. The molecular formula is C38H52F2N2O6Si2. The number of aliphatic hydroxyl groups is 1. The first-order valence-corrected chi connectivity index (χ1v) is 22.0. The van der Waals surface area contributed by atoms with E-state index in [1.165, 1.54) is 30.7 Å². The Balaban J connectivity index is 0.000000300. The van der Waals surface area contributed by atoms with Gasteiger partial charge >= 0.3 is 0 Å². The number of hydrogen-bond acceptors (Lipinski definition) is 8. The zero-order valence-corrected chi connectivity index (χ0v) is 33.3. The van der Waals surface area contributed by atoms with Crippen LogP contribution in [0.2, 0.25) is 36.3 Å². The lowest BCUT2D eigenvalue weighted by molar-refractivity contribution is 0.112. The van der Waals surface area contributed by atoms with E-state index in [1.807, 2.05) is 6.07 Å². The summed E-state index contributed by atoms with van der Waals surface area (Å²) in [5.74, 6) is 1.66. The van der Waals surface area contributed by atoms with Gasteiger partial charge in [0, 0.05) is 23.5 Å². The van der Waals surface area contributed by atoms with E-state index in [-0.39, 0.29) is 21.5 Å². The van der Waals surface area contributed by atoms with Gasteiger partial charge in [0.15, 0.2) is 11.5 Å². The molecule has 50 heavy (non-hydrogen) atoms. The van der Waals surface area contributed by atoms with E-state index >= 15 is 0 Å². The number of methoxy groups -OCH3 is 2. The van der Waals surface area contributed by atoms with Crippen molar-refractivity contribution in [2.75, 3.05) is 14.2 Å². The van der Waals surface area contributed by atoms with E-state index in [0.717, 1.165) is 18.2 Å². The number of aliphatic hydroxyl groups excluding tert-OH is 1. The smallest absolute Gasteiger partial charge is 0.250 e. The molecule has 0 radical (unpaired) electrons. The number of carbonyl (C=O) groups is 1. The second-order valence-electron chi connectivity index (χ2n) is 14.6. The van der Waals surface area contributed by atoms with E-state index in [4.69, 9.17) is 18.3 Å². The Bertz CT molecular complexity index is 1680. The standard InChI is InChI=1S/C19H26FNO3Si.C14H22O3Si.C5H4FN/c1-19(2,3)25(5,6)24-16-8-7-13(11-17(16)23-4)18(22)14-9-10-21-12-15(14)20;1-14(2,3)18(5,6)17-12-8-7-11(10-15)9-13(12)16-4;6-5-2-1-3-7-4-5/h7-12,18,22H,1-6H3;7-10H,1-6H3;1-4H. The molecule has 4 aromatic rings. The van der Waals surface area contributed by atoms with Gasteiger partial charge in [0.2, 0.25) is 0 Å². The van der Waals surface area contributed by atoms with Gasteiger partial charge in [-0.2, -0.15) is 0 Å². The van der Waals surface area contributed by atoms with Crippen LogP contribution >= 0.6 is 0 Å². The first-order chi connectivity index (χ1) is 23.2. The second kappa shape index (κ2) is 17.7. The van der Waals surface area contributed by atoms with Crippen molar-refractivity contribution in [2.24, 2.45) is 0 Å². The number of aldehydes is 1. The molecule has 0 bridgehead atoms. The highest BCUT2D eigenvalue weighted by Gasteiger charge is 2.40. The molecule has 0 fully saturated rings. The van der Waals surface area contributed by atoms with Crippen LogP contribution in [0.15, 0.2) is 79.4 Å². The van der Waals surface area contributed by atoms with Gasteiger partial charge in [-0.1, -0.05) is 47.6 Å². The molecule has 0 spiro atoms. The average Bonchev–Trinajstić information content (AvgIpc) is 3.04. The van der Waals surface area contributed by atoms with Crippen LogP contribution in [0.4, 0.5) is 8.78 Å². The third-order valence-corrected chi connectivity index (χ3v) is 17.6.